The topological polar surface area (TPSA) is 82.1 Å². The van der Waals surface area contributed by atoms with Crippen molar-refractivity contribution in [3.8, 4) is 0 Å². The Balaban J connectivity index is 2.13. The first-order chi connectivity index (χ1) is 12.5. The molecule has 2 rings (SSSR count). The maximum absolute atomic E-state index is 12.1. The number of nitrogens with zero attached hydrogens (tertiary/aromatic N) is 2. The molecule has 0 bridgehead atoms. The molecule has 0 saturated carbocycles. The zero-order valence-electron chi connectivity index (χ0n) is 16.9. The number of amides is 1. The van der Waals surface area contributed by atoms with Crippen LogP contribution in [0.4, 0.5) is 16.2 Å². The molecule has 0 aliphatic carbocycles. The first kappa shape index (κ1) is 21.0. The minimum absolute atomic E-state index is 0.0445. The third-order valence-corrected chi connectivity index (χ3v) is 4.23. The van der Waals surface area contributed by atoms with Crippen LogP contribution in [0.1, 0.15) is 45.0 Å². The summed E-state index contributed by atoms with van der Waals surface area (Å²) >= 11 is 0. The molecule has 150 valence electrons. The fraction of sp³-hybridized carbons (Fsp3) is 0.600. The van der Waals surface area contributed by atoms with Crippen LogP contribution in [-0.4, -0.2) is 60.4 Å². The first-order valence-corrected chi connectivity index (χ1v) is 9.40. The second-order valence-electron chi connectivity index (χ2n) is 8.34. The number of benzene rings is 1. The molecule has 0 spiro atoms. The lowest BCUT2D eigenvalue weighted by Crippen LogP contribution is -2.47. The van der Waals surface area contributed by atoms with Crippen molar-refractivity contribution in [3.05, 3.63) is 23.8 Å². The Morgan fingerprint density at radius 2 is 1.81 bits per heavy atom. The Morgan fingerprint density at radius 1 is 1.19 bits per heavy atom. The lowest BCUT2D eigenvalue weighted by molar-refractivity contribution is 0.0636. The van der Waals surface area contributed by atoms with Crippen molar-refractivity contribution < 1.29 is 19.4 Å². The number of hydrogen-bond donors (Lipinski definition) is 2. The maximum atomic E-state index is 12.1. The normalized spacial score (nSPS) is 15.7. The van der Waals surface area contributed by atoms with Gasteiger partial charge in [0.05, 0.1) is 11.3 Å². The third kappa shape index (κ3) is 6.43. The van der Waals surface area contributed by atoms with E-state index in [-0.39, 0.29) is 11.3 Å². The van der Waals surface area contributed by atoms with Gasteiger partial charge >= 0.3 is 12.1 Å². The quantitative estimate of drug-likeness (QED) is 0.817. The van der Waals surface area contributed by atoms with E-state index in [0.717, 1.165) is 38.4 Å². The summed E-state index contributed by atoms with van der Waals surface area (Å²) in [4.78, 5) is 28.2. The van der Waals surface area contributed by atoms with Crippen LogP contribution < -0.4 is 10.2 Å². The van der Waals surface area contributed by atoms with Crippen LogP contribution in [0.15, 0.2) is 18.2 Å². The summed E-state index contributed by atoms with van der Waals surface area (Å²) in [6.07, 6.45) is -0.663. The average Bonchev–Trinajstić information content (AvgIpc) is 2.52. The monoisotopic (exact) mass is 377 g/mol. The molecule has 0 radical (unpaired) electrons. The van der Waals surface area contributed by atoms with Gasteiger partial charge in [0.1, 0.15) is 5.60 Å². The van der Waals surface area contributed by atoms with E-state index in [1.54, 1.807) is 32.9 Å². The molecule has 1 amide bonds. The molecule has 27 heavy (non-hydrogen) atoms. The van der Waals surface area contributed by atoms with Crippen molar-refractivity contribution in [2.75, 3.05) is 42.9 Å². The van der Waals surface area contributed by atoms with Crippen molar-refractivity contribution in [2.45, 2.75) is 40.2 Å². The van der Waals surface area contributed by atoms with Gasteiger partial charge in [0.25, 0.3) is 0 Å². The summed E-state index contributed by atoms with van der Waals surface area (Å²) in [5.41, 5.74) is 0.537. The van der Waals surface area contributed by atoms with E-state index in [2.05, 4.69) is 29.0 Å². The zero-order valence-corrected chi connectivity index (χ0v) is 16.9. The van der Waals surface area contributed by atoms with Crippen LogP contribution in [0.3, 0.4) is 0 Å². The van der Waals surface area contributed by atoms with E-state index in [1.807, 2.05) is 0 Å². The van der Waals surface area contributed by atoms with Crippen molar-refractivity contribution >= 4 is 23.4 Å². The van der Waals surface area contributed by atoms with E-state index in [9.17, 15) is 14.7 Å². The fourth-order valence-electron chi connectivity index (χ4n) is 3.14. The molecular formula is C20H31N3O4. The van der Waals surface area contributed by atoms with Gasteiger partial charge in [0.2, 0.25) is 0 Å². The van der Waals surface area contributed by atoms with Crippen molar-refractivity contribution in [2.24, 2.45) is 5.92 Å². The van der Waals surface area contributed by atoms with Crippen molar-refractivity contribution in [1.82, 2.24) is 4.90 Å². The number of ether oxygens (including phenoxy) is 1. The minimum Gasteiger partial charge on any atom is -0.478 e. The molecule has 1 aliphatic heterocycles. The van der Waals surface area contributed by atoms with Crippen LogP contribution >= 0.6 is 0 Å². The maximum Gasteiger partial charge on any atom is 0.412 e. The van der Waals surface area contributed by atoms with Gasteiger partial charge in [-0.1, -0.05) is 13.8 Å². The standard InChI is InChI=1S/C20H31N3O4/c1-14(2)13-22-8-10-23(11-9-22)15-6-7-16(18(24)25)17(12-15)21-19(26)27-20(3,4)5/h6-7,12,14H,8-11,13H2,1-5H3,(H,21,26)(H,24,25). The lowest BCUT2D eigenvalue weighted by Gasteiger charge is -2.37. The molecule has 1 fully saturated rings. The third-order valence-electron chi connectivity index (χ3n) is 4.23. The Kier molecular flexibility index (Phi) is 6.70. The molecule has 0 atom stereocenters. The van der Waals surface area contributed by atoms with Gasteiger partial charge in [0, 0.05) is 38.4 Å². The van der Waals surface area contributed by atoms with Gasteiger partial charge in [-0.3, -0.25) is 10.2 Å². The summed E-state index contributed by atoms with van der Waals surface area (Å²) in [5.74, 6) is -0.453. The number of aromatic carboxylic acids is 1. The second-order valence-corrected chi connectivity index (χ2v) is 8.34. The highest BCUT2D eigenvalue weighted by Gasteiger charge is 2.22. The SMILES string of the molecule is CC(C)CN1CCN(c2ccc(C(=O)O)c(NC(=O)OC(C)(C)C)c2)CC1. The average molecular weight is 377 g/mol. The van der Waals surface area contributed by atoms with Crippen LogP contribution in [-0.2, 0) is 4.74 Å². The number of rotatable bonds is 5. The molecule has 1 aliphatic rings. The van der Waals surface area contributed by atoms with Crippen LogP contribution in [0, 0.1) is 5.92 Å². The lowest BCUT2D eigenvalue weighted by atomic mass is 10.1. The number of anilines is 2. The number of nitrogens with one attached hydrogen (secondary N) is 1. The summed E-state index contributed by atoms with van der Waals surface area (Å²) in [7, 11) is 0. The van der Waals surface area contributed by atoms with Gasteiger partial charge in [-0.2, -0.15) is 0 Å². The summed E-state index contributed by atoms with van der Waals surface area (Å²) < 4.78 is 5.25. The van der Waals surface area contributed by atoms with Crippen LogP contribution in [0.2, 0.25) is 0 Å². The zero-order chi connectivity index (χ0) is 20.2. The number of carboxylic acids is 1. The van der Waals surface area contributed by atoms with E-state index < -0.39 is 17.7 Å². The molecule has 0 unspecified atom stereocenters. The summed E-state index contributed by atoms with van der Waals surface area (Å²) in [6.45, 7) is 14.5. The number of carbonyl (C=O) groups excluding carboxylic acids is 1. The predicted octanol–water partition coefficient (Wildman–Crippen LogP) is 3.51. The molecule has 0 aromatic heterocycles. The fourth-order valence-corrected chi connectivity index (χ4v) is 3.14. The van der Waals surface area contributed by atoms with Crippen molar-refractivity contribution in [3.63, 3.8) is 0 Å². The molecule has 7 nitrogen and oxygen atoms in total. The largest absolute Gasteiger partial charge is 0.478 e. The smallest absolute Gasteiger partial charge is 0.412 e. The van der Waals surface area contributed by atoms with E-state index in [0.29, 0.717) is 5.92 Å². The van der Waals surface area contributed by atoms with E-state index >= 15 is 0 Å². The molecule has 1 heterocycles. The number of carboxylic acid groups (broad SMARTS) is 1. The Hall–Kier alpha value is -2.28. The van der Waals surface area contributed by atoms with E-state index in [4.69, 9.17) is 4.74 Å². The molecule has 2 N–H and O–H groups in total. The Labute approximate surface area is 161 Å². The number of carbonyl (C=O) groups is 2. The number of piperazine rings is 1. The summed E-state index contributed by atoms with van der Waals surface area (Å²) in [6, 6.07) is 5.04. The molecule has 1 saturated heterocycles. The van der Waals surface area contributed by atoms with E-state index in [1.165, 1.54) is 6.07 Å². The van der Waals surface area contributed by atoms with Gasteiger partial charge in [-0.25, -0.2) is 9.59 Å². The number of hydrogen-bond acceptors (Lipinski definition) is 5. The molecule has 7 heteroatoms. The van der Waals surface area contributed by atoms with Gasteiger partial charge < -0.3 is 14.7 Å². The molecule has 1 aromatic rings. The highest BCUT2D eigenvalue weighted by atomic mass is 16.6. The van der Waals surface area contributed by atoms with Crippen LogP contribution in [0.25, 0.3) is 0 Å². The minimum atomic E-state index is -1.09. The highest BCUT2D eigenvalue weighted by Crippen LogP contribution is 2.26. The van der Waals surface area contributed by atoms with Gasteiger partial charge in [-0.15, -0.1) is 0 Å². The second kappa shape index (κ2) is 8.61. The Bertz CT molecular complexity index is 674. The van der Waals surface area contributed by atoms with Gasteiger partial charge in [-0.05, 0) is 44.9 Å². The predicted molar refractivity (Wildman–Crippen MR) is 107 cm³/mol. The van der Waals surface area contributed by atoms with Crippen molar-refractivity contribution in [1.29, 1.82) is 0 Å². The summed E-state index contributed by atoms with van der Waals surface area (Å²) in [5, 5.41) is 12.0. The molecular weight excluding hydrogens is 346 g/mol. The molecule has 1 aromatic carbocycles. The first-order valence-electron chi connectivity index (χ1n) is 9.40. The van der Waals surface area contributed by atoms with Gasteiger partial charge in [0.15, 0.2) is 0 Å². The van der Waals surface area contributed by atoms with Crippen LogP contribution in [0.5, 0.6) is 0 Å². The Morgan fingerprint density at radius 3 is 2.33 bits per heavy atom. The highest BCUT2D eigenvalue weighted by molar-refractivity contribution is 5.99.